The molecule has 0 radical (unpaired) electrons. The van der Waals surface area contributed by atoms with E-state index in [-0.39, 0.29) is 29.0 Å². The van der Waals surface area contributed by atoms with Gasteiger partial charge in [0.25, 0.3) is 0 Å². The molecule has 40 heavy (non-hydrogen) atoms. The summed E-state index contributed by atoms with van der Waals surface area (Å²) < 4.78 is 48.8. The number of ketones is 1. The highest BCUT2D eigenvalue weighted by atomic mass is 19.2. The van der Waals surface area contributed by atoms with Crippen molar-refractivity contribution in [3.8, 4) is 0 Å². The van der Waals surface area contributed by atoms with Gasteiger partial charge < -0.3 is 13.9 Å². The molecule has 6 rings (SSSR count). The number of esters is 1. The molecular formula is C30H33F2N3O5. The number of hydrogen-bond donors (Lipinski definition) is 0. The minimum absolute atomic E-state index is 0.0289. The van der Waals surface area contributed by atoms with E-state index in [4.69, 9.17) is 13.9 Å². The maximum Gasteiger partial charge on any atom is 0.330 e. The van der Waals surface area contributed by atoms with E-state index in [9.17, 15) is 9.59 Å². The number of para-hydroxylation sites is 1. The van der Waals surface area contributed by atoms with E-state index in [1.807, 2.05) is 29.2 Å². The topological polar surface area (TPSA) is 85.1 Å². The Kier molecular flexibility index (Phi) is 7.31. The number of anilines is 2. The zero-order chi connectivity index (χ0) is 27.9. The number of aromatic nitrogens is 1. The summed E-state index contributed by atoms with van der Waals surface area (Å²) in [5.41, 5.74) is 2.43. The lowest BCUT2D eigenvalue weighted by atomic mass is 9.87. The van der Waals surface area contributed by atoms with Gasteiger partial charge in [0.2, 0.25) is 5.78 Å². The maximum absolute atomic E-state index is 16.6. The molecule has 2 aromatic carbocycles. The average molecular weight is 554 g/mol. The number of methoxy groups -OCH3 is 1. The highest BCUT2D eigenvalue weighted by Crippen LogP contribution is 2.38. The summed E-state index contributed by atoms with van der Waals surface area (Å²) in [5, 5.41) is 0. The highest BCUT2D eigenvalue weighted by Gasteiger charge is 2.49. The Morgan fingerprint density at radius 3 is 2.58 bits per heavy atom. The minimum Gasteiger partial charge on any atom is -0.469 e. The maximum atomic E-state index is 16.6. The van der Waals surface area contributed by atoms with Crippen LogP contribution in [0, 0.1) is 11.7 Å². The monoisotopic (exact) mass is 553 g/mol. The van der Waals surface area contributed by atoms with Crippen molar-refractivity contribution in [2.75, 3.05) is 31.6 Å². The van der Waals surface area contributed by atoms with Crippen molar-refractivity contribution in [1.82, 2.24) is 9.88 Å². The lowest BCUT2D eigenvalue weighted by Gasteiger charge is -2.37. The van der Waals surface area contributed by atoms with Crippen molar-refractivity contribution in [2.24, 2.45) is 5.92 Å². The second-order valence-electron chi connectivity index (χ2n) is 10.9. The molecule has 3 aromatic rings. The molecule has 0 amide bonds. The number of nitrogens with zero attached hydrogens (tertiary/aromatic N) is 3. The zero-order valence-electron chi connectivity index (χ0n) is 22.5. The van der Waals surface area contributed by atoms with Gasteiger partial charge in [-0.05, 0) is 68.2 Å². The number of carbonyl (C=O) groups excluding carboxylic acids is 2. The van der Waals surface area contributed by atoms with Crippen LogP contribution in [-0.4, -0.2) is 60.5 Å². The number of hydrogen-bond acceptors (Lipinski definition) is 8. The van der Waals surface area contributed by atoms with Gasteiger partial charge in [-0.25, -0.2) is 9.29 Å². The lowest BCUT2D eigenvalue weighted by molar-refractivity contribution is -0.252. The number of ether oxygens (including phenoxy) is 2. The average Bonchev–Trinajstić information content (AvgIpc) is 3.74. The predicted molar refractivity (Wildman–Crippen MR) is 143 cm³/mol. The summed E-state index contributed by atoms with van der Waals surface area (Å²) in [7, 11) is 1.35. The third-order valence-electron chi connectivity index (χ3n) is 8.42. The van der Waals surface area contributed by atoms with Crippen molar-refractivity contribution in [2.45, 2.75) is 63.4 Å². The normalized spacial score (nSPS) is 22.8. The fourth-order valence-electron chi connectivity index (χ4n) is 6.19. The lowest BCUT2D eigenvalue weighted by Crippen LogP contribution is -2.54. The zero-order valence-corrected chi connectivity index (χ0v) is 22.5. The Hall–Kier alpha value is -3.37. The van der Waals surface area contributed by atoms with Crippen LogP contribution in [0.3, 0.4) is 0 Å². The van der Waals surface area contributed by atoms with Crippen LogP contribution in [-0.2, 0) is 31.9 Å². The van der Waals surface area contributed by atoms with Gasteiger partial charge in [0.05, 0.1) is 19.1 Å². The second-order valence-corrected chi connectivity index (χ2v) is 10.9. The predicted octanol–water partition coefficient (Wildman–Crippen LogP) is 5.24. The van der Waals surface area contributed by atoms with Gasteiger partial charge in [-0.15, -0.1) is 0 Å². The Morgan fingerprint density at radius 2 is 1.82 bits per heavy atom. The smallest absolute Gasteiger partial charge is 0.330 e. The molecule has 1 saturated heterocycles. The van der Waals surface area contributed by atoms with Gasteiger partial charge >= 0.3 is 18.0 Å². The third kappa shape index (κ3) is 4.88. The standard InChI is InChI=1S/C30H33F2N3O5/c1-38-28(37)20-8-11-22(12-9-20)40-30(32,34-15-4-5-16-34)25(36)18-21-10-13-23-27(26(21)31)39-29(33-23)35-17-14-19-6-2-3-7-24(19)35/h2-3,6-7,10,13,20,22H,4-5,8-9,11-12,14-18H2,1H3/t20-,22-,30?. The van der Waals surface area contributed by atoms with Crippen molar-refractivity contribution < 1.29 is 32.3 Å². The Balaban J connectivity index is 1.21. The van der Waals surface area contributed by atoms with E-state index in [0.29, 0.717) is 50.8 Å². The molecule has 0 bridgehead atoms. The second kappa shape index (κ2) is 10.9. The molecule has 10 heteroatoms. The number of fused-ring (bicyclic) bond motifs is 2. The molecule has 2 fully saturated rings. The van der Waals surface area contributed by atoms with Crippen molar-refractivity contribution in [1.29, 1.82) is 0 Å². The van der Waals surface area contributed by atoms with Crippen LogP contribution >= 0.6 is 0 Å². The summed E-state index contributed by atoms with van der Waals surface area (Å²) >= 11 is 0. The Morgan fingerprint density at radius 1 is 1.07 bits per heavy atom. The first-order valence-electron chi connectivity index (χ1n) is 14.0. The van der Waals surface area contributed by atoms with Gasteiger partial charge in [0.15, 0.2) is 11.4 Å². The summed E-state index contributed by atoms with van der Waals surface area (Å²) in [6.07, 6.45) is 3.19. The number of carbonyl (C=O) groups is 2. The number of halogens is 2. The first-order valence-corrected chi connectivity index (χ1v) is 14.0. The third-order valence-corrected chi connectivity index (χ3v) is 8.42. The molecule has 212 valence electrons. The van der Waals surface area contributed by atoms with Crippen LogP contribution in [0.15, 0.2) is 40.8 Å². The van der Waals surface area contributed by atoms with Crippen LogP contribution in [0.5, 0.6) is 0 Å². The fraction of sp³-hybridized carbons (Fsp3) is 0.500. The molecular weight excluding hydrogens is 520 g/mol. The van der Waals surface area contributed by atoms with Gasteiger partial charge in [0, 0.05) is 31.7 Å². The number of rotatable bonds is 8. The minimum atomic E-state index is -2.67. The van der Waals surface area contributed by atoms with Crippen molar-refractivity contribution in [3.63, 3.8) is 0 Å². The van der Waals surface area contributed by atoms with Gasteiger partial charge in [-0.3, -0.25) is 14.5 Å². The summed E-state index contributed by atoms with van der Waals surface area (Å²) in [4.78, 5) is 33.2. The van der Waals surface area contributed by atoms with E-state index < -0.39 is 30.1 Å². The molecule has 3 heterocycles. The highest BCUT2D eigenvalue weighted by molar-refractivity contribution is 5.88. The molecule has 1 aromatic heterocycles. The Labute approximate surface area is 231 Å². The molecule has 8 nitrogen and oxygen atoms in total. The fourth-order valence-corrected chi connectivity index (χ4v) is 6.19. The van der Waals surface area contributed by atoms with Crippen molar-refractivity contribution in [3.05, 3.63) is 53.3 Å². The molecule has 3 aliphatic rings. The van der Waals surface area contributed by atoms with Crippen LogP contribution in [0.2, 0.25) is 0 Å². The van der Waals surface area contributed by atoms with Crippen molar-refractivity contribution >= 4 is 34.6 Å². The summed E-state index contributed by atoms with van der Waals surface area (Å²) in [6.45, 7) is 1.42. The van der Waals surface area contributed by atoms with Crippen LogP contribution in [0.25, 0.3) is 11.1 Å². The number of benzene rings is 2. The SMILES string of the molecule is COC(=O)[C@H]1CC[C@H](OC(F)(C(=O)Cc2ccc3nc(N4CCc5ccccc54)oc3c2F)N2CCCC2)CC1. The van der Waals surface area contributed by atoms with Crippen LogP contribution in [0.4, 0.5) is 20.5 Å². The van der Waals surface area contributed by atoms with E-state index >= 15 is 8.78 Å². The first-order chi connectivity index (χ1) is 19.4. The molecule has 0 spiro atoms. The number of oxazole rings is 1. The number of alkyl halides is 1. The van der Waals surface area contributed by atoms with E-state index in [1.54, 1.807) is 6.07 Å². The van der Waals surface area contributed by atoms with E-state index in [1.165, 1.54) is 18.1 Å². The Bertz CT molecular complexity index is 1410. The van der Waals surface area contributed by atoms with Gasteiger partial charge in [-0.1, -0.05) is 24.3 Å². The molecule has 1 atom stereocenters. The summed E-state index contributed by atoms with van der Waals surface area (Å²) in [6, 6.07) is 11.3. The molecule has 1 saturated carbocycles. The molecule has 2 aliphatic heterocycles. The molecule has 1 unspecified atom stereocenters. The largest absolute Gasteiger partial charge is 0.469 e. The summed E-state index contributed by atoms with van der Waals surface area (Å²) in [5.74, 6) is -4.78. The molecule has 1 aliphatic carbocycles. The van der Waals surface area contributed by atoms with Gasteiger partial charge in [-0.2, -0.15) is 9.37 Å². The van der Waals surface area contributed by atoms with Crippen LogP contribution < -0.4 is 4.90 Å². The van der Waals surface area contributed by atoms with E-state index in [0.717, 1.165) is 30.5 Å². The molecule has 0 N–H and O–H groups in total. The van der Waals surface area contributed by atoms with Crippen LogP contribution in [0.1, 0.15) is 49.7 Å². The number of likely N-dealkylation sites (tertiary alicyclic amines) is 1. The van der Waals surface area contributed by atoms with Gasteiger partial charge in [0.1, 0.15) is 5.52 Å². The number of Topliss-reactive ketones (excluding diaryl/α,β-unsaturated/α-hetero) is 1. The first kappa shape index (κ1) is 26.8. The van der Waals surface area contributed by atoms with E-state index in [2.05, 4.69) is 4.98 Å². The quantitative estimate of drug-likeness (QED) is 0.277.